The van der Waals surface area contributed by atoms with Crippen LogP contribution in [0.2, 0.25) is 0 Å². The van der Waals surface area contributed by atoms with E-state index in [1.165, 1.54) is 4.90 Å². The first kappa shape index (κ1) is 17.1. The summed E-state index contributed by atoms with van der Waals surface area (Å²) in [5, 5.41) is 0. The molecule has 0 radical (unpaired) electrons. The lowest BCUT2D eigenvalue weighted by Gasteiger charge is -2.36. The van der Waals surface area contributed by atoms with Crippen molar-refractivity contribution < 1.29 is 19.2 Å². The van der Waals surface area contributed by atoms with E-state index in [4.69, 9.17) is 0 Å². The lowest BCUT2D eigenvalue weighted by atomic mass is 10.1. The minimum Gasteiger partial charge on any atom is -0.337 e. The van der Waals surface area contributed by atoms with Crippen LogP contribution in [0.5, 0.6) is 0 Å². The first-order valence-corrected chi connectivity index (χ1v) is 8.42. The molecule has 0 spiro atoms. The zero-order chi connectivity index (χ0) is 18.1. The molecule has 1 aromatic rings. The maximum Gasteiger partial charge on any atom is 0.261 e. The minimum absolute atomic E-state index is 0.0282. The number of amides is 4. The predicted octanol–water partition coefficient (Wildman–Crippen LogP) is 0.752. The summed E-state index contributed by atoms with van der Waals surface area (Å²) >= 11 is 0. The summed E-state index contributed by atoms with van der Waals surface area (Å²) < 4.78 is 0. The van der Waals surface area contributed by atoms with E-state index < -0.39 is 0 Å². The molecule has 4 amide bonds. The molecule has 0 atom stereocenters. The number of hydrogen-bond acceptors (Lipinski definition) is 4. The highest BCUT2D eigenvalue weighted by molar-refractivity contribution is 6.21. The highest BCUT2D eigenvalue weighted by Crippen LogP contribution is 2.22. The van der Waals surface area contributed by atoms with Gasteiger partial charge in [0.25, 0.3) is 11.8 Å². The molecule has 0 N–H and O–H groups in total. The normalized spacial score (nSPS) is 17.6. The molecule has 1 aromatic carbocycles. The number of hydrogen-bond donors (Lipinski definition) is 0. The fraction of sp³-hybridized carbons (Fsp3) is 0.444. The number of nitrogens with zero attached hydrogens (tertiary/aromatic N) is 3. The van der Waals surface area contributed by atoms with Crippen molar-refractivity contribution in [1.82, 2.24) is 14.7 Å². The van der Waals surface area contributed by atoms with Gasteiger partial charge in [-0.05, 0) is 26.0 Å². The zero-order valence-electron chi connectivity index (χ0n) is 14.4. The van der Waals surface area contributed by atoms with Crippen molar-refractivity contribution in [2.45, 2.75) is 26.3 Å². The van der Waals surface area contributed by atoms with Crippen molar-refractivity contribution in [2.75, 3.05) is 26.2 Å². The first-order valence-electron chi connectivity index (χ1n) is 8.42. The molecule has 132 valence electrons. The average Bonchev–Trinajstić information content (AvgIpc) is 2.84. The van der Waals surface area contributed by atoms with Gasteiger partial charge >= 0.3 is 0 Å². The lowest BCUT2D eigenvalue weighted by molar-refractivity contribution is -0.146. The number of rotatable bonds is 4. The van der Waals surface area contributed by atoms with Crippen LogP contribution in [0.4, 0.5) is 0 Å². The highest BCUT2D eigenvalue weighted by Gasteiger charge is 2.36. The van der Waals surface area contributed by atoms with Crippen molar-refractivity contribution in [3.63, 3.8) is 0 Å². The summed E-state index contributed by atoms with van der Waals surface area (Å²) in [5.41, 5.74) is 0.751. The molecule has 1 saturated heterocycles. The zero-order valence-corrected chi connectivity index (χ0v) is 14.4. The molecule has 0 aromatic heterocycles. The number of fused-ring (bicyclic) bond motifs is 1. The fourth-order valence-corrected chi connectivity index (χ4v) is 3.25. The van der Waals surface area contributed by atoms with Crippen LogP contribution in [0.15, 0.2) is 24.3 Å². The van der Waals surface area contributed by atoms with Crippen molar-refractivity contribution in [1.29, 1.82) is 0 Å². The van der Waals surface area contributed by atoms with E-state index in [1.807, 2.05) is 13.8 Å². The van der Waals surface area contributed by atoms with Gasteiger partial charge in [0.05, 0.1) is 17.7 Å². The molecule has 2 aliphatic heterocycles. The Kier molecular flexibility index (Phi) is 4.57. The molecule has 3 rings (SSSR count). The largest absolute Gasteiger partial charge is 0.337 e. The Balaban J connectivity index is 1.58. The number of carbonyl (C=O) groups is 4. The molecule has 2 aliphatic rings. The smallest absolute Gasteiger partial charge is 0.261 e. The van der Waals surface area contributed by atoms with E-state index in [9.17, 15) is 19.2 Å². The summed E-state index contributed by atoms with van der Waals surface area (Å²) in [5.74, 6) is -1.02. The van der Waals surface area contributed by atoms with Gasteiger partial charge in [0, 0.05) is 32.1 Å². The van der Waals surface area contributed by atoms with E-state index in [2.05, 4.69) is 0 Å². The molecule has 0 aliphatic carbocycles. The van der Waals surface area contributed by atoms with E-state index in [0.717, 1.165) is 4.90 Å². The van der Waals surface area contributed by atoms with Gasteiger partial charge in [-0.15, -0.1) is 0 Å². The Morgan fingerprint density at radius 1 is 1.04 bits per heavy atom. The molecule has 7 nitrogen and oxygen atoms in total. The average molecular weight is 343 g/mol. The second-order valence-corrected chi connectivity index (χ2v) is 6.55. The summed E-state index contributed by atoms with van der Waals surface area (Å²) in [4.78, 5) is 53.4. The van der Waals surface area contributed by atoms with Gasteiger partial charge in [0.2, 0.25) is 11.8 Å². The predicted molar refractivity (Wildman–Crippen MR) is 89.9 cm³/mol. The van der Waals surface area contributed by atoms with Crippen LogP contribution < -0.4 is 0 Å². The Hall–Kier alpha value is -2.70. The van der Waals surface area contributed by atoms with E-state index in [0.29, 0.717) is 24.2 Å². The second-order valence-electron chi connectivity index (χ2n) is 6.55. The molecule has 25 heavy (non-hydrogen) atoms. The van der Waals surface area contributed by atoms with Gasteiger partial charge in [-0.3, -0.25) is 24.1 Å². The molecule has 2 heterocycles. The molecule has 0 bridgehead atoms. The standard InChI is InChI=1S/C18H21N3O4/c1-12(2)20-10-9-19(11-16(20)23)15(22)7-8-21-17(24)13-5-3-4-6-14(13)18(21)25/h3-6,12H,7-11H2,1-2H3. The van der Waals surface area contributed by atoms with Crippen LogP contribution in [0.1, 0.15) is 41.0 Å². The van der Waals surface area contributed by atoms with Crippen LogP contribution in [-0.2, 0) is 9.59 Å². The van der Waals surface area contributed by atoms with Crippen LogP contribution >= 0.6 is 0 Å². The SMILES string of the molecule is CC(C)N1CCN(C(=O)CCN2C(=O)c3ccccc3C2=O)CC1=O. The third-order valence-electron chi connectivity index (χ3n) is 4.66. The molecular formula is C18H21N3O4. The van der Waals surface area contributed by atoms with Gasteiger partial charge in [-0.1, -0.05) is 12.1 Å². The second kappa shape index (κ2) is 6.66. The van der Waals surface area contributed by atoms with Crippen molar-refractivity contribution in [2.24, 2.45) is 0 Å². The maximum atomic E-state index is 12.4. The van der Waals surface area contributed by atoms with Gasteiger partial charge in [-0.2, -0.15) is 0 Å². The minimum atomic E-state index is -0.367. The summed E-state index contributed by atoms with van der Waals surface area (Å²) in [6.45, 7) is 4.96. The molecule has 7 heteroatoms. The van der Waals surface area contributed by atoms with Gasteiger partial charge < -0.3 is 9.80 Å². The van der Waals surface area contributed by atoms with Crippen LogP contribution in [-0.4, -0.2) is 70.5 Å². The van der Waals surface area contributed by atoms with Gasteiger partial charge in [-0.25, -0.2) is 0 Å². The van der Waals surface area contributed by atoms with Crippen LogP contribution in [0.3, 0.4) is 0 Å². The lowest BCUT2D eigenvalue weighted by Crippen LogP contribution is -2.54. The third kappa shape index (κ3) is 3.14. The van der Waals surface area contributed by atoms with Gasteiger partial charge in [0.15, 0.2) is 0 Å². The molecular weight excluding hydrogens is 322 g/mol. The number of benzene rings is 1. The first-order chi connectivity index (χ1) is 11.9. The van der Waals surface area contributed by atoms with E-state index >= 15 is 0 Å². The van der Waals surface area contributed by atoms with Crippen molar-refractivity contribution in [3.05, 3.63) is 35.4 Å². The quantitative estimate of drug-likeness (QED) is 0.756. The topological polar surface area (TPSA) is 78.0 Å². The summed E-state index contributed by atoms with van der Waals surface area (Å²) in [6.07, 6.45) is 0.0282. The van der Waals surface area contributed by atoms with Crippen molar-refractivity contribution in [3.8, 4) is 0 Å². The number of imide groups is 1. The maximum absolute atomic E-state index is 12.4. The van der Waals surface area contributed by atoms with Crippen LogP contribution in [0, 0.1) is 0 Å². The van der Waals surface area contributed by atoms with E-state index in [1.54, 1.807) is 29.2 Å². The Morgan fingerprint density at radius 3 is 2.16 bits per heavy atom. The Labute approximate surface area is 146 Å². The fourth-order valence-electron chi connectivity index (χ4n) is 3.25. The molecule has 0 saturated carbocycles. The van der Waals surface area contributed by atoms with Crippen molar-refractivity contribution >= 4 is 23.6 Å². The van der Waals surface area contributed by atoms with Crippen LogP contribution in [0.25, 0.3) is 0 Å². The number of piperazine rings is 1. The molecule has 1 fully saturated rings. The molecule has 0 unspecified atom stereocenters. The van der Waals surface area contributed by atoms with E-state index in [-0.39, 0.29) is 49.2 Å². The monoisotopic (exact) mass is 343 g/mol. The summed E-state index contributed by atoms with van der Waals surface area (Å²) in [6, 6.07) is 6.75. The summed E-state index contributed by atoms with van der Waals surface area (Å²) in [7, 11) is 0. The Bertz CT molecular complexity index is 709. The van der Waals surface area contributed by atoms with Gasteiger partial charge in [0.1, 0.15) is 0 Å². The Morgan fingerprint density at radius 2 is 1.64 bits per heavy atom. The highest BCUT2D eigenvalue weighted by atomic mass is 16.2. The number of carbonyl (C=O) groups excluding carboxylic acids is 4. The third-order valence-corrected chi connectivity index (χ3v) is 4.66.